The van der Waals surface area contributed by atoms with E-state index in [1.807, 2.05) is 42.6 Å². The van der Waals surface area contributed by atoms with Gasteiger partial charge in [-0.05, 0) is 26.0 Å². The molecule has 0 unspecified atom stereocenters. The molecule has 1 aliphatic heterocycles. The lowest BCUT2D eigenvalue weighted by Gasteiger charge is -2.36. The number of benzene rings is 1. The van der Waals surface area contributed by atoms with Crippen molar-refractivity contribution >= 4 is 17.4 Å². The summed E-state index contributed by atoms with van der Waals surface area (Å²) in [5, 5.41) is 4.88. The molecule has 0 atom stereocenters. The highest BCUT2D eigenvalue weighted by molar-refractivity contribution is 5.84. The highest BCUT2D eigenvalue weighted by Gasteiger charge is 2.24. The van der Waals surface area contributed by atoms with Crippen LogP contribution in [0, 0.1) is 13.8 Å². The molecule has 0 radical (unpaired) electrons. The van der Waals surface area contributed by atoms with E-state index in [0.29, 0.717) is 0 Å². The first-order valence-electron chi connectivity index (χ1n) is 10.4. The maximum Gasteiger partial charge on any atom is 0.225 e. The fourth-order valence-electron chi connectivity index (χ4n) is 4.21. The van der Waals surface area contributed by atoms with Gasteiger partial charge in [0.25, 0.3) is 0 Å². The molecule has 1 fully saturated rings. The molecule has 1 aliphatic rings. The number of ether oxygens (including phenoxy) is 1. The number of para-hydroxylation sites is 1. The zero-order valence-corrected chi connectivity index (χ0v) is 18.0. The standard InChI is InChI=1S/C23H25N7O/c1-16-15-20(28-11-13-29(14-12-28)23-24-9-6-10-25-23)30-22(26-16)21(17(2)27-30)18-7-4-5-8-19(18)31-3/h4-10,15H,11-14H2,1-3H3. The molecule has 31 heavy (non-hydrogen) atoms. The van der Waals surface area contributed by atoms with Gasteiger partial charge in [0.15, 0.2) is 5.65 Å². The number of rotatable bonds is 4. The van der Waals surface area contributed by atoms with E-state index in [0.717, 1.165) is 71.9 Å². The number of fused-ring (bicyclic) bond motifs is 1. The molecule has 0 amide bonds. The first kappa shape index (κ1) is 19.3. The monoisotopic (exact) mass is 415 g/mol. The molecule has 1 aromatic carbocycles. The molecule has 1 saturated heterocycles. The highest BCUT2D eigenvalue weighted by atomic mass is 16.5. The Balaban J connectivity index is 1.52. The van der Waals surface area contributed by atoms with Crippen LogP contribution in [0.3, 0.4) is 0 Å². The van der Waals surface area contributed by atoms with E-state index in [1.165, 1.54) is 0 Å². The Kier molecular flexibility index (Phi) is 4.89. The summed E-state index contributed by atoms with van der Waals surface area (Å²) in [6.45, 7) is 7.49. The van der Waals surface area contributed by atoms with Crippen molar-refractivity contribution in [2.45, 2.75) is 13.8 Å². The van der Waals surface area contributed by atoms with Gasteiger partial charge in [-0.25, -0.2) is 15.0 Å². The Morgan fingerprint density at radius 1 is 0.903 bits per heavy atom. The van der Waals surface area contributed by atoms with E-state index in [9.17, 15) is 0 Å². The summed E-state index contributed by atoms with van der Waals surface area (Å²) in [5.41, 5.74) is 4.77. The number of piperazine rings is 1. The largest absolute Gasteiger partial charge is 0.496 e. The molecular formula is C23H25N7O. The molecule has 0 spiro atoms. The van der Waals surface area contributed by atoms with Crippen LogP contribution in [0.2, 0.25) is 0 Å². The molecule has 4 aromatic rings. The van der Waals surface area contributed by atoms with Gasteiger partial charge in [0.2, 0.25) is 5.95 Å². The first-order valence-corrected chi connectivity index (χ1v) is 10.4. The molecule has 8 heteroatoms. The Bertz CT molecular complexity index is 1210. The Hall–Kier alpha value is -3.68. The topological polar surface area (TPSA) is 71.7 Å². The summed E-state index contributed by atoms with van der Waals surface area (Å²) in [4.78, 5) is 18.2. The number of hydrogen-bond donors (Lipinski definition) is 0. The summed E-state index contributed by atoms with van der Waals surface area (Å²) in [6.07, 6.45) is 3.58. The first-order chi connectivity index (χ1) is 15.2. The molecule has 0 bridgehead atoms. The number of methoxy groups -OCH3 is 1. The lowest BCUT2D eigenvalue weighted by molar-refractivity contribution is 0.416. The molecule has 4 heterocycles. The SMILES string of the molecule is COc1ccccc1-c1c(C)nn2c(N3CCN(c4ncccn4)CC3)cc(C)nc12. The third kappa shape index (κ3) is 3.43. The van der Waals surface area contributed by atoms with Crippen molar-refractivity contribution < 1.29 is 4.74 Å². The third-order valence-corrected chi connectivity index (χ3v) is 5.69. The maximum atomic E-state index is 5.61. The van der Waals surface area contributed by atoms with Gasteiger partial charge >= 0.3 is 0 Å². The van der Waals surface area contributed by atoms with E-state index >= 15 is 0 Å². The predicted octanol–water partition coefficient (Wildman–Crippen LogP) is 3.14. The van der Waals surface area contributed by atoms with Crippen molar-refractivity contribution in [1.29, 1.82) is 0 Å². The van der Waals surface area contributed by atoms with Gasteiger partial charge in [-0.2, -0.15) is 9.61 Å². The molecule has 0 saturated carbocycles. The molecule has 8 nitrogen and oxygen atoms in total. The van der Waals surface area contributed by atoms with Crippen LogP contribution in [0.15, 0.2) is 48.8 Å². The zero-order chi connectivity index (χ0) is 21.4. The van der Waals surface area contributed by atoms with Crippen molar-refractivity contribution in [3.8, 4) is 16.9 Å². The summed E-state index contributed by atoms with van der Waals surface area (Å²) >= 11 is 0. The smallest absolute Gasteiger partial charge is 0.225 e. The lowest BCUT2D eigenvalue weighted by Crippen LogP contribution is -2.47. The van der Waals surface area contributed by atoms with E-state index in [2.05, 4.69) is 31.9 Å². The van der Waals surface area contributed by atoms with Crippen LogP contribution in [0.25, 0.3) is 16.8 Å². The van der Waals surface area contributed by atoms with Crippen molar-refractivity contribution in [1.82, 2.24) is 24.6 Å². The summed E-state index contributed by atoms with van der Waals surface area (Å²) < 4.78 is 7.58. The van der Waals surface area contributed by atoms with Crippen LogP contribution in [0.4, 0.5) is 11.8 Å². The second-order valence-electron chi connectivity index (χ2n) is 7.67. The minimum absolute atomic E-state index is 0.784. The van der Waals surface area contributed by atoms with Gasteiger partial charge in [-0.3, -0.25) is 0 Å². The Morgan fingerprint density at radius 2 is 1.61 bits per heavy atom. The minimum Gasteiger partial charge on any atom is -0.496 e. The van der Waals surface area contributed by atoms with Crippen LogP contribution in [0.5, 0.6) is 5.75 Å². The maximum absolute atomic E-state index is 5.61. The predicted molar refractivity (Wildman–Crippen MR) is 121 cm³/mol. The lowest BCUT2D eigenvalue weighted by atomic mass is 10.1. The van der Waals surface area contributed by atoms with Gasteiger partial charge in [0.05, 0.1) is 18.4 Å². The molecule has 158 valence electrons. The summed E-state index contributed by atoms with van der Waals surface area (Å²) in [5.74, 6) is 2.66. The second kappa shape index (κ2) is 7.86. The molecule has 3 aromatic heterocycles. The molecule has 0 N–H and O–H groups in total. The summed E-state index contributed by atoms with van der Waals surface area (Å²) in [7, 11) is 1.69. The minimum atomic E-state index is 0.784. The van der Waals surface area contributed by atoms with E-state index < -0.39 is 0 Å². The van der Waals surface area contributed by atoms with Gasteiger partial charge in [-0.15, -0.1) is 0 Å². The van der Waals surface area contributed by atoms with Gasteiger partial charge in [0.1, 0.15) is 11.6 Å². The highest BCUT2D eigenvalue weighted by Crippen LogP contribution is 2.36. The van der Waals surface area contributed by atoms with E-state index in [1.54, 1.807) is 19.5 Å². The Morgan fingerprint density at radius 3 is 2.35 bits per heavy atom. The average Bonchev–Trinajstić information content (AvgIpc) is 3.14. The fraction of sp³-hybridized carbons (Fsp3) is 0.304. The van der Waals surface area contributed by atoms with Crippen LogP contribution in [-0.2, 0) is 0 Å². The fourth-order valence-corrected chi connectivity index (χ4v) is 4.21. The zero-order valence-electron chi connectivity index (χ0n) is 18.0. The van der Waals surface area contributed by atoms with Crippen molar-refractivity contribution in [3.63, 3.8) is 0 Å². The molecule has 0 aliphatic carbocycles. The van der Waals surface area contributed by atoms with Crippen LogP contribution in [-0.4, -0.2) is 57.9 Å². The van der Waals surface area contributed by atoms with E-state index in [-0.39, 0.29) is 0 Å². The van der Waals surface area contributed by atoms with Crippen molar-refractivity contribution in [2.75, 3.05) is 43.1 Å². The van der Waals surface area contributed by atoms with Crippen LogP contribution < -0.4 is 14.5 Å². The third-order valence-electron chi connectivity index (χ3n) is 5.69. The van der Waals surface area contributed by atoms with Crippen molar-refractivity contribution in [2.24, 2.45) is 0 Å². The number of hydrogen-bond acceptors (Lipinski definition) is 7. The van der Waals surface area contributed by atoms with Crippen LogP contribution >= 0.6 is 0 Å². The van der Waals surface area contributed by atoms with Gasteiger partial charge < -0.3 is 14.5 Å². The second-order valence-corrected chi connectivity index (χ2v) is 7.67. The molecular weight excluding hydrogens is 390 g/mol. The van der Waals surface area contributed by atoms with E-state index in [4.69, 9.17) is 14.8 Å². The Labute approximate surface area is 181 Å². The quantitative estimate of drug-likeness (QED) is 0.507. The van der Waals surface area contributed by atoms with Crippen LogP contribution in [0.1, 0.15) is 11.4 Å². The summed E-state index contributed by atoms with van der Waals surface area (Å²) in [6, 6.07) is 12.0. The number of aromatic nitrogens is 5. The molecule has 5 rings (SSSR count). The van der Waals surface area contributed by atoms with Crippen molar-refractivity contribution in [3.05, 3.63) is 60.2 Å². The number of aryl methyl sites for hydroxylation is 2. The van der Waals surface area contributed by atoms with Gasteiger partial charge in [0, 0.05) is 55.9 Å². The number of anilines is 2. The normalized spacial score (nSPS) is 14.3. The number of nitrogens with zero attached hydrogens (tertiary/aromatic N) is 7. The average molecular weight is 416 g/mol. The van der Waals surface area contributed by atoms with Gasteiger partial charge in [-0.1, -0.05) is 18.2 Å².